The SMILES string of the molecule is C[C@@H](NC(=O)CSC1CCNCC1)c1ccncc1. The van der Waals surface area contributed by atoms with Crippen LogP contribution in [0.5, 0.6) is 0 Å². The molecule has 2 heterocycles. The van der Waals surface area contributed by atoms with E-state index in [1.807, 2.05) is 19.1 Å². The summed E-state index contributed by atoms with van der Waals surface area (Å²) in [5.41, 5.74) is 1.09. The van der Waals surface area contributed by atoms with Gasteiger partial charge in [0.05, 0.1) is 11.8 Å². The van der Waals surface area contributed by atoms with Gasteiger partial charge in [0.25, 0.3) is 0 Å². The van der Waals surface area contributed by atoms with Crippen LogP contribution >= 0.6 is 11.8 Å². The van der Waals surface area contributed by atoms with Gasteiger partial charge in [0.15, 0.2) is 0 Å². The molecule has 0 saturated carbocycles. The molecule has 1 amide bonds. The Hall–Kier alpha value is -1.07. The molecular weight excluding hydrogens is 258 g/mol. The fourth-order valence-electron chi connectivity index (χ4n) is 2.17. The van der Waals surface area contributed by atoms with E-state index in [1.165, 1.54) is 0 Å². The van der Waals surface area contributed by atoms with Crippen LogP contribution in [-0.4, -0.2) is 35.0 Å². The molecule has 0 radical (unpaired) electrons. The van der Waals surface area contributed by atoms with E-state index in [9.17, 15) is 4.79 Å². The van der Waals surface area contributed by atoms with Crippen LogP contribution in [0.4, 0.5) is 0 Å². The number of pyridine rings is 1. The molecule has 1 atom stereocenters. The first kappa shape index (κ1) is 14.3. The standard InChI is InChI=1S/C14H21N3OS/c1-11(12-2-6-15-7-3-12)17-14(18)10-19-13-4-8-16-9-5-13/h2-3,6-7,11,13,16H,4-5,8-10H2,1H3,(H,17,18)/t11-/m1/s1. The fourth-order valence-corrected chi connectivity index (χ4v) is 3.21. The fraction of sp³-hybridized carbons (Fsp3) is 0.571. The van der Waals surface area contributed by atoms with Crippen molar-refractivity contribution in [2.45, 2.75) is 31.1 Å². The van der Waals surface area contributed by atoms with Crippen molar-refractivity contribution < 1.29 is 4.79 Å². The molecular formula is C14H21N3OS. The van der Waals surface area contributed by atoms with Crippen LogP contribution in [0.25, 0.3) is 0 Å². The van der Waals surface area contributed by atoms with E-state index in [1.54, 1.807) is 24.2 Å². The van der Waals surface area contributed by atoms with Gasteiger partial charge in [-0.15, -0.1) is 11.8 Å². The summed E-state index contributed by atoms with van der Waals surface area (Å²) in [7, 11) is 0. The molecule has 0 aliphatic carbocycles. The van der Waals surface area contributed by atoms with E-state index < -0.39 is 0 Å². The molecule has 1 aliphatic heterocycles. The summed E-state index contributed by atoms with van der Waals surface area (Å²) in [6, 6.07) is 3.92. The Labute approximate surface area is 118 Å². The molecule has 4 nitrogen and oxygen atoms in total. The normalized spacial score (nSPS) is 17.9. The van der Waals surface area contributed by atoms with Gasteiger partial charge in [0.2, 0.25) is 5.91 Å². The van der Waals surface area contributed by atoms with Gasteiger partial charge in [-0.3, -0.25) is 9.78 Å². The van der Waals surface area contributed by atoms with Crippen LogP contribution in [0.3, 0.4) is 0 Å². The Balaban J connectivity index is 1.71. The van der Waals surface area contributed by atoms with Crippen LogP contribution in [0.2, 0.25) is 0 Å². The number of amides is 1. The van der Waals surface area contributed by atoms with Crippen LogP contribution < -0.4 is 10.6 Å². The van der Waals surface area contributed by atoms with E-state index >= 15 is 0 Å². The Bertz CT molecular complexity index is 393. The van der Waals surface area contributed by atoms with E-state index in [4.69, 9.17) is 0 Å². The third-order valence-electron chi connectivity index (χ3n) is 3.32. The second kappa shape index (κ2) is 7.50. The number of carbonyl (C=O) groups is 1. The van der Waals surface area contributed by atoms with Crippen molar-refractivity contribution in [1.82, 2.24) is 15.6 Å². The first-order valence-electron chi connectivity index (χ1n) is 6.77. The zero-order valence-corrected chi connectivity index (χ0v) is 12.1. The Kier molecular flexibility index (Phi) is 5.66. The van der Waals surface area contributed by atoms with Crippen LogP contribution in [0.15, 0.2) is 24.5 Å². The molecule has 1 saturated heterocycles. The van der Waals surface area contributed by atoms with Gasteiger partial charge in [-0.2, -0.15) is 0 Å². The van der Waals surface area contributed by atoms with Gasteiger partial charge >= 0.3 is 0 Å². The average Bonchev–Trinajstić information content (AvgIpc) is 2.47. The number of hydrogen-bond donors (Lipinski definition) is 2. The topological polar surface area (TPSA) is 54.0 Å². The van der Waals surface area contributed by atoms with Crippen LogP contribution in [0, 0.1) is 0 Å². The van der Waals surface area contributed by atoms with Crippen molar-refractivity contribution >= 4 is 17.7 Å². The minimum absolute atomic E-state index is 0.0455. The monoisotopic (exact) mass is 279 g/mol. The van der Waals surface area contributed by atoms with Crippen molar-refractivity contribution in [3.63, 3.8) is 0 Å². The molecule has 2 rings (SSSR count). The Morgan fingerprint density at radius 3 is 2.84 bits per heavy atom. The molecule has 0 aromatic carbocycles. The molecule has 0 bridgehead atoms. The highest BCUT2D eigenvalue weighted by Gasteiger charge is 2.16. The smallest absolute Gasteiger partial charge is 0.230 e. The van der Waals surface area contributed by atoms with Gasteiger partial charge in [-0.05, 0) is 50.6 Å². The molecule has 1 aliphatic rings. The second-order valence-corrected chi connectivity index (χ2v) is 6.12. The molecule has 0 unspecified atom stereocenters. The predicted molar refractivity (Wildman–Crippen MR) is 79.1 cm³/mol. The number of carbonyl (C=O) groups excluding carboxylic acids is 1. The molecule has 2 N–H and O–H groups in total. The Morgan fingerprint density at radius 2 is 2.16 bits per heavy atom. The highest BCUT2D eigenvalue weighted by molar-refractivity contribution is 8.00. The number of thioether (sulfide) groups is 1. The summed E-state index contributed by atoms with van der Waals surface area (Å²) in [6.07, 6.45) is 5.83. The lowest BCUT2D eigenvalue weighted by molar-refractivity contribution is -0.119. The predicted octanol–water partition coefficient (Wildman–Crippen LogP) is 1.74. The van der Waals surface area contributed by atoms with E-state index in [0.29, 0.717) is 11.0 Å². The average molecular weight is 279 g/mol. The highest BCUT2D eigenvalue weighted by Crippen LogP contribution is 2.20. The summed E-state index contributed by atoms with van der Waals surface area (Å²) in [4.78, 5) is 15.9. The largest absolute Gasteiger partial charge is 0.349 e. The van der Waals surface area contributed by atoms with Crippen LogP contribution in [0.1, 0.15) is 31.4 Å². The third-order valence-corrected chi connectivity index (χ3v) is 4.69. The minimum atomic E-state index is 0.0455. The van der Waals surface area contributed by atoms with Gasteiger partial charge < -0.3 is 10.6 Å². The highest BCUT2D eigenvalue weighted by atomic mass is 32.2. The molecule has 19 heavy (non-hydrogen) atoms. The molecule has 0 spiro atoms. The van der Waals surface area contributed by atoms with Crippen molar-refractivity contribution in [1.29, 1.82) is 0 Å². The number of piperidine rings is 1. The van der Waals surface area contributed by atoms with Crippen molar-refractivity contribution in [3.05, 3.63) is 30.1 Å². The van der Waals surface area contributed by atoms with Gasteiger partial charge in [0, 0.05) is 17.6 Å². The maximum atomic E-state index is 11.9. The summed E-state index contributed by atoms with van der Waals surface area (Å²) in [6.45, 7) is 4.15. The lowest BCUT2D eigenvalue weighted by Gasteiger charge is -2.22. The number of nitrogens with one attached hydrogen (secondary N) is 2. The van der Waals surface area contributed by atoms with Crippen molar-refractivity contribution in [3.8, 4) is 0 Å². The minimum Gasteiger partial charge on any atom is -0.349 e. The first-order valence-corrected chi connectivity index (χ1v) is 7.82. The summed E-state index contributed by atoms with van der Waals surface area (Å²) >= 11 is 1.78. The number of aromatic nitrogens is 1. The van der Waals surface area contributed by atoms with Crippen molar-refractivity contribution in [2.24, 2.45) is 0 Å². The summed E-state index contributed by atoms with van der Waals surface area (Å²) in [5, 5.41) is 7.00. The van der Waals surface area contributed by atoms with Gasteiger partial charge in [0.1, 0.15) is 0 Å². The van der Waals surface area contributed by atoms with Gasteiger partial charge in [-0.1, -0.05) is 0 Å². The third kappa shape index (κ3) is 4.84. The van der Waals surface area contributed by atoms with Crippen molar-refractivity contribution in [2.75, 3.05) is 18.8 Å². The van der Waals surface area contributed by atoms with E-state index in [2.05, 4.69) is 15.6 Å². The number of hydrogen-bond acceptors (Lipinski definition) is 4. The van der Waals surface area contributed by atoms with Crippen LogP contribution in [-0.2, 0) is 4.79 Å². The molecule has 1 fully saturated rings. The lowest BCUT2D eigenvalue weighted by Crippen LogP contribution is -2.32. The molecule has 1 aromatic rings. The summed E-state index contributed by atoms with van der Waals surface area (Å²) < 4.78 is 0. The lowest BCUT2D eigenvalue weighted by atomic mass is 10.1. The number of rotatable bonds is 5. The molecule has 1 aromatic heterocycles. The van der Waals surface area contributed by atoms with E-state index in [0.717, 1.165) is 31.5 Å². The number of nitrogens with zero attached hydrogens (tertiary/aromatic N) is 1. The maximum Gasteiger partial charge on any atom is 0.230 e. The second-order valence-electron chi connectivity index (χ2n) is 4.83. The first-order chi connectivity index (χ1) is 9.25. The zero-order chi connectivity index (χ0) is 13.5. The quantitative estimate of drug-likeness (QED) is 0.862. The maximum absolute atomic E-state index is 11.9. The molecule has 104 valence electrons. The Morgan fingerprint density at radius 1 is 1.47 bits per heavy atom. The van der Waals surface area contributed by atoms with E-state index in [-0.39, 0.29) is 11.9 Å². The molecule has 5 heteroatoms. The summed E-state index contributed by atoms with van der Waals surface area (Å²) in [5.74, 6) is 0.674. The van der Waals surface area contributed by atoms with Gasteiger partial charge in [-0.25, -0.2) is 0 Å². The zero-order valence-electron chi connectivity index (χ0n) is 11.3.